The summed E-state index contributed by atoms with van der Waals surface area (Å²) in [5.41, 5.74) is 10.2. The number of benzene rings is 2. The van der Waals surface area contributed by atoms with E-state index in [1.54, 1.807) is 24.3 Å². The van der Waals surface area contributed by atoms with E-state index >= 15 is 0 Å². The molecule has 0 unspecified atom stereocenters. The number of aryl methyl sites for hydroxylation is 1. The number of nitrogens with two attached hydrogens (primary N) is 1. The number of primary amides is 1. The molecule has 5 nitrogen and oxygen atoms in total. The van der Waals surface area contributed by atoms with Crippen molar-refractivity contribution in [3.8, 4) is 5.69 Å². The van der Waals surface area contributed by atoms with E-state index in [1.165, 1.54) is 0 Å². The number of nitrogens with one attached hydrogen (secondary N) is 1. The van der Waals surface area contributed by atoms with Crippen LogP contribution in [-0.4, -0.2) is 16.4 Å². The minimum atomic E-state index is -0.382. The molecular formula is C21H20BrN3O2. The lowest BCUT2D eigenvalue weighted by Gasteiger charge is -2.10. The molecule has 2 aromatic carbocycles. The average molecular weight is 426 g/mol. The monoisotopic (exact) mass is 425 g/mol. The Morgan fingerprint density at radius 3 is 2.26 bits per heavy atom. The van der Waals surface area contributed by atoms with Crippen LogP contribution < -0.4 is 11.1 Å². The van der Waals surface area contributed by atoms with Gasteiger partial charge in [-0.15, -0.1) is 0 Å². The summed E-state index contributed by atoms with van der Waals surface area (Å²) in [6, 6.07) is 16.9. The van der Waals surface area contributed by atoms with Crippen molar-refractivity contribution in [2.24, 2.45) is 5.73 Å². The highest BCUT2D eigenvalue weighted by Crippen LogP contribution is 2.23. The van der Waals surface area contributed by atoms with E-state index < -0.39 is 0 Å². The Hall–Kier alpha value is -2.86. The van der Waals surface area contributed by atoms with Gasteiger partial charge >= 0.3 is 0 Å². The van der Waals surface area contributed by atoms with Gasteiger partial charge in [0.05, 0.1) is 12.0 Å². The number of carbonyl (C=O) groups excluding carboxylic acids is 2. The maximum absolute atomic E-state index is 12.7. The quantitative estimate of drug-likeness (QED) is 0.644. The van der Waals surface area contributed by atoms with Crippen LogP contribution in [0.5, 0.6) is 0 Å². The van der Waals surface area contributed by atoms with Gasteiger partial charge in [0, 0.05) is 27.2 Å². The van der Waals surface area contributed by atoms with E-state index in [-0.39, 0.29) is 18.2 Å². The van der Waals surface area contributed by atoms with Crippen molar-refractivity contribution in [2.45, 2.75) is 20.3 Å². The first-order valence-electron chi connectivity index (χ1n) is 8.48. The van der Waals surface area contributed by atoms with Crippen molar-refractivity contribution < 1.29 is 9.59 Å². The van der Waals surface area contributed by atoms with Crippen LogP contribution in [0.1, 0.15) is 27.3 Å². The smallest absolute Gasteiger partial charge is 0.257 e. The second kappa shape index (κ2) is 7.80. The van der Waals surface area contributed by atoms with Gasteiger partial charge in [-0.3, -0.25) is 9.59 Å². The summed E-state index contributed by atoms with van der Waals surface area (Å²) in [6.45, 7) is 3.91. The lowest BCUT2D eigenvalue weighted by Crippen LogP contribution is -2.14. The maximum atomic E-state index is 12.7. The van der Waals surface area contributed by atoms with Gasteiger partial charge in [-0.2, -0.15) is 0 Å². The summed E-state index contributed by atoms with van der Waals surface area (Å²) in [5.74, 6) is -0.554. The molecule has 0 saturated carbocycles. The van der Waals surface area contributed by atoms with Crippen LogP contribution in [0.3, 0.4) is 0 Å². The van der Waals surface area contributed by atoms with Gasteiger partial charge in [0.25, 0.3) is 5.91 Å². The van der Waals surface area contributed by atoms with Crippen molar-refractivity contribution in [1.29, 1.82) is 0 Å². The molecule has 3 N–H and O–H groups in total. The Morgan fingerprint density at radius 2 is 1.67 bits per heavy atom. The number of nitrogens with zero attached hydrogens (tertiary/aromatic N) is 1. The van der Waals surface area contributed by atoms with Gasteiger partial charge in [0.1, 0.15) is 0 Å². The Morgan fingerprint density at radius 1 is 1.04 bits per heavy atom. The molecule has 1 aromatic heterocycles. The highest BCUT2D eigenvalue weighted by atomic mass is 79.9. The Labute approximate surface area is 166 Å². The summed E-state index contributed by atoms with van der Waals surface area (Å²) in [5, 5.41) is 2.90. The second-order valence-electron chi connectivity index (χ2n) is 6.39. The van der Waals surface area contributed by atoms with Gasteiger partial charge in [0.15, 0.2) is 0 Å². The molecule has 138 valence electrons. The molecule has 0 atom stereocenters. The van der Waals surface area contributed by atoms with Crippen LogP contribution in [0.15, 0.2) is 59.1 Å². The zero-order valence-corrected chi connectivity index (χ0v) is 16.7. The van der Waals surface area contributed by atoms with E-state index in [0.29, 0.717) is 11.3 Å². The number of halogens is 1. The SMILES string of the molecule is Cc1cc(C(=O)Nc2ccc(CC(N)=O)cc2)c(C)n1-c1ccc(Br)cc1. The van der Waals surface area contributed by atoms with Crippen LogP contribution >= 0.6 is 15.9 Å². The number of amides is 2. The summed E-state index contributed by atoms with van der Waals surface area (Å²) >= 11 is 3.44. The molecule has 0 aliphatic rings. The third-order valence-corrected chi connectivity index (χ3v) is 4.88. The normalized spacial score (nSPS) is 10.6. The minimum absolute atomic E-state index is 0.172. The first-order chi connectivity index (χ1) is 12.8. The lowest BCUT2D eigenvalue weighted by atomic mass is 10.1. The first-order valence-corrected chi connectivity index (χ1v) is 9.28. The summed E-state index contributed by atoms with van der Waals surface area (Å²) in [7, 11) is 0. The Kier molecular flexibility index (Phi) is 5.46. The third kappa shape index (κ3) is 4.28. The van der Waals surface area contributed by atoms with Crippen molar-refractivity contribution in [2.75, 3.05) is 5.32 Å². The summed E-state index contributed by atoms with van der Waals surface area (Å²) in [4.78, 5) is 23.7. The van der Waals surface area contributed by atoms with Crippen LogP contribution in [0.4, 0.5) is 5.69 Å². The lowest BCUT2D eigenvalue weighted by molar-refractivity contribution is -0.117. The number of aromatic nitrogens is 1. The van der Waals surface area contributed by atoms with E-state index in [9.17, 15) is 9.59 Å². The number of anilines is 1. The van der Waals surface area contributed by atoms with Crippen LogP contribution in [0.25, 0.3) is 5.69 Å². The van der Waals surface area contributed by atoms with Gasteiger partial charge < -0.3 is 15.6 Å². The molecule has 27 heavy (non-hydrogen) atoms. The molecular weight excluding hydrogens is 406 g/mol. The Balaban J connectivity index is 1.82. The van der Waals surface area contributed by atoms with Gasteiger partial charge in [-0.05, 0) is 61.9 Å². The molecule has 0 saturated heterocycles. The number of hydrogen-bond acceptors (Lipinski definition) is 2. The second-order valence-corrected chi connectivity index (χ2v) is 7.31. The molecule has 0 radical (unpaired) electrons. The molecule has 0 bridgehead atoms. The summed E-state index contributed by atoms with van der Waals surface area (Å²) < 4.78 is 3.06. The van der Waals surface area contributed by atoms with Crippen LogP contribution in [-0.2, 0) is 11.2 Å². The average Bonchev–Trinajstić information content (AvgIpc) is 2.92. The maximum Gasteiger partial charge on any atom is 0.257 e. The topological polar surface area (TPSA) is 77.1 Å². The van der Waals surface area contributed by atoms with Crippen molar-refractivity contribution in [1.82, 2.24) is 4.57 Å². The highest BCUT2D eigenvalue weighted by molar-refractivity contribution is 9.10. The molecule has 0 aliphatic heterocycles. The highest BCUT2D eigenvalue weighted by Gasteiger charge is 2.17. The standard InChI is InChI=1S/C21H20BrN3O2/c1-13-11-19(14(2)25(13)18-9-5-16(22)6-10-18)21(27)24-17-7-3-15(4-8-17)12-20(23)26/h3-11H,12H2,1-2H3,(H2,23,26)(H,24,27). The zero-order chi connectivity index (χ0) is 19.6. The van der Waals surface area contributed by atoms with E-state index in [1.807, 2.05) is 44.2 Å². The molecule has 3 rings (SSSR count). The minimum Gasteiger partial charge on any atom is -0.369 e. The molecule has 6 heteroatoms. The molecule has 1 heterocycles. The fourth-order valence-corrected chi connectivity index (χ4v) is 3.35. The first kappa shape index (κ1) is 18.9. The predicted molar refractivity (Wildman–Crippen MR) is 110 cm³/mol. The number of carbonyl (C=O) groups is 2. The van der Waals surface area contributed by atoms with Crippen molar-refractivity contribution in [3.63, 3.8) is 0 Å². The van der Waals surface area contributed by atoms with E-state index in [2.05, 4.69) is 25.8 Å². The largest absolute Gasteiger partial charge is 0.369 e. The molecule has 0 aliphatic carbocycles. The molecule has 3 aromatic rings. The molecule has 0 spiro atoms. The van der Waals surface area contributed by atoms with Crippen LogP contribution in [0.2, 0.25) is 0 Å². The van der Waals surface area contributed by atoms with E-state index in [0.717, 1.165) is 27.1 Å². The van der Waals surface area contributed by atoms with E-state index in [4.69, 9.17) is 5.73 Å². The third-order valence-electron chi connectivity index (χ3n) is 4.35. The molecule has 2 amide bonds. The number of rotatable bonds is 5. The Bertz CT molecular complexity index is 990. The molecule has 0 fully saturated rings. The number of hydrogen-bond donors (Lipinski definition) is 2. The van der Waals surface area contributed by atoms with Crippen molar-refractivity contribution in [3.05, 3.63) is 81.6 Å². The zero-order valence-electron chi connectivity index (χ0n) is 15.1. The fraction of sp³-hybridized carbons (Fsp3) is 0.143. The van der Waals surface area contributed by atoms with Gasteiger partial charge in [-0.25, -0.2) is 0 Å². The summed E-state index contributed by atoms with van der Waals surface area (Å²) in [6.07, 6.45) is 0.183. The van der Waals surface area contributed by atoms with Gasteiger partial charge in [0.2, 0.25) is 5.91 Å². The van der Waals surface area contributed by atoms with Crippen LogP contribution in [0, 0.1) is 13.8 Å². The van der Waals surface area contributed by atoms with Gasteiger partial charge in [-0.1, -0.05) is 28.1 Å². The van der Waals surface area contributed by atoms with Crippen molar-refractivity contribution >= 4 is 33.4 Å². The predicted octanol–water partition coefficient (Wildman–Crippen LogP) is 4.14. The fourth-order valence-electron chi connectivity index (χ4n) is 3.09.